The van der Waals surface area contributed by atoms with Crippen LogP contribution in [0.25, 0.3) is 12.2 Å². The van der Waals surface area contributed by atoms with Gasteiger partial charge in [-0.2, -0.15) is 0 Å². The lowest BCUT2D eigenvalue weighted by atomic mass is 10.1. The molecule has 8 nitrogen and oxygen atoms in total. The first-order chi connectivity index (χ1) is 12.4. The largest absolute Gasteiger partial charge is 0.496 e. The third-order valence-corrected chi connectivity index (χ3v) is 3.73. The van der Waals surface area contributed by atoms with Gasteiger partial charge in [0, 0.05) is 11.8 Å². The van der Waals surface area contributed by atoms with Crippen molar-refractivity contribution in [1.29, 1.82) is 0 Å². The second kappa shape index (κ2) is 8.11. The van der Waals surface area contributed by atoms with Crippen LogP contribution in [0.15, 0.2) is 24.3 Å². The molecule has 138 valence electrons. The molecule has 0 radical (unpaired) electrons. The number of rotatable bonds is 7. The lowest BCUT2D eigenvalue weighted by Gasteiger charge is -2.13. The second-order valence-corrected chi connectivity index (χ2v) is 5.20. The highest BCUT2D eigenvalue weighted by molar-refractivity contribution is 5.82. The molecule has 0 aliphatic carbocycles. The number of nitrogens with zero attached hydrogens (tertiary/aromatic N) is 1. The van der Waals surface area contributed by atoms with Crippen molar-refractivity contribution in [2.75, 3.05) is 34.2 Å². The van der Waals surface area contributed by atoms with Crippen molar-refractivity contribution in [3.63, 3.8) is 0 Å². The minimum absolute atomic E-state index is 0.148. The van der Waals surface area contributed by atoms with Gasteiger partial charge in [-0.1, -0.05) is 6.08 Å². The zero-order chi connectivity index (χ0) is 19.3. The van der Waals surface area contributed by atoms with Crippen LogP contribution in [0.2, 0.25) is 0 Å². The molecule has 0 heterocycles. The first-order valence-corrected chi connectivity index (χ1v) is 7.55. The minimum atomic E-state index is -0.506. The molecular formula is C18H20N2O6. The van der Waals surface area contributed by atoms with Crippen molar-refractivity contribution in [3.8, 4) is 23.0 Å². The number of hydrogen-bond acceptors (Lipinski definition) is 7. The third kappa shape index (κ3) is 3.80. The molecule has 0 saturated carbocycles. The number of hydrogen-bond donors (Lipinski definition) is 1. The van der Waals surface area contributed by atoms with Gasteiger partial charge in [0.25, 0.3) is 5.69 Å². The molecule has 0 fully saturated rings. The van der Waals surface area contributed by atoms with Crippen molar-refractivity contribution in [2.45, 2.75) is 0 Å². The highest BCUT2D eigenvalue weighted by Crippen LogP contribution is 2.39. The van der Waals surface area contributed by atoms with Crippen LogP contribution in [0.3, 0.4) is 0 Å². The summed E-state index contributed by atoms with van der Waals surface area (Å²) in [5.41, 5.74) is 7.02. The maximum atomic E-state index is 11.3. The average Bonchev–Trinajstić information content (AvgIpc) is 2.65. The molecule has 0 atom stereocenters. The Bertz CT molecular complexity index is 823. The molecule has 0 aromatic heterocycles. The van der Waals surface area contributed by atoms with Gasteiger partial charge in [0.05, 0.1) is 45.0 Å². The molecule has 0 unspecified atom stereocenters. The standard InChI is InChI=1S/C18H20N2O6/c1-23-12-9-14(19)13(15(10-12)20(21)22)6-5-11-7-16(24-2)18(26-4)17(8-11)25-3/h5-10H,19H2,1-4H3/b6-5-. The Balaban J connectivity index is 2.52. The van der Waals surface area contributed by atoms with E-state index >= 15 is 0 Å². The number of nitro benzene ring substituents is 1. The van der Waals surface area contributed by atoms with E-state index in [4.69, 9.17) is 24.7 Å². The predicted molar refractivity (Wildman–Crippen MR) is 99.1 cm³/mol. The monoisotopic (exact) mass is 360 g/mol. The molecule has 26 heavy (non-hydrogen) atoms. The third-order valence-electron chi connectivity index (χ3n) is 3.73. The van der Waals surface area contributed by atoms with Crippen LogP contribution < -0.4 is 24.7 Å². The molecule has 2 aromatic carbocycles. The summed E-state index contributed by atoms with van der Waals surface area (Å²) in [6.45, 7) is 0. The van der Waals surface area contributed by atoms with E-state index in [2.05, 4.69) is 0 Å². The summed E-state index contributed by atoms with van der Waals surface area (Å²) in [7, 11) is 5.95. The first kappa shape index (κ1) is 18.9. The topological polar surface area (TPSA) is 106 Å². The van der Waals surface area contributed by atoms with E-state index in [9.17, 15) is 10.1 Å². The van der Waals surface area contributed by atoms with Crippen molar-refractivity contribution in [3.05, 3.63) is 45.5 Å². The van der Waals surface area contributed by atoms with Crippen molar-refractivity contribution in [1.82, 2.24) is 0 Å². The van der Waals surface area contributed by atoms with E-state index in [0.717, 1.165) is 0 Å². The quantitative estimate of drug-likeness (QED) is 0.349. The molecule has 0 aliphatic rings. The number of methoxy groups -OCH3 is 4. The van der Waals surface area contributed by atoms with Gasteiger partial charge in [-0.25, -0.2) is 0 Å². The Morgan fingerprint density at radius 3 is 2.00 bits per heavy atom. The van der Waals surface area contributed by atoms with Gasteiger partial charge in [0.1, 0.15) is 5.75 Å². The predicted octanol–water partition coefficient (Wildman–Crippen LogP) is 3.38. The average molecular weight is 360 g/mol. The molecule has 8 heteroatoms. The molecule has 0 bridgehead atoms. The fraction of sp³-hybridized carbons (Fsp3) is 0.222. The smallest absolute Gasteiger partial charge is 0.282 e. The van der Waals surface area contributed by atoms with Gasteiger partial charge in [-0.3, -0.25) is 10.1 Å². The number of anilines is 1. The van der Waals surface area contributed by atoms with E-state index in [1.54, 1.807) is 24.3 Å². The zero-order valence-corrected chi connectivity index (χ0v) is 14.9. The summed E-state index contributed by atoms with van der Waals surface area (Å²) >= 11 is 0. The number of nitro groups is 1. The minimum Gasteiger partial charge on any atom is -0.496 e. The van der Waals surface area contributed by atoms with Crippen molar-refractivity contribution in [2.24, 2.45) is 0 Å². The van der Waals surface area contributed by atoms with E-state index in [1.807, 2.05) is 0 Å². The summed E-state index contributed by atoms with van der Waals surface area (Å²) in [5.74, 6) is 1.73. The first-order valence-electron chi connectivity index (χ1n) is 7.55. The number of nitrogen functional groups attached to an aromatic ring is 1. The maximum absolute atomic E-state index is 11.3. The van der Waals surface area contributed by atoms with Crippen LogP contribution in [0.5, 0.6) is 23.0 Å². The molecule has 0 saturated heterocycles. The lowest BCUT2D eigenvalue weighted by molar-refractivity contribution is -0.385. The van der Waals surface area contributed by atoms with Crippen LogP contribution in [-0.2, 0) is 0 Å². The van der Waals surface area contributed by atoms with Gasteiger partial charge in [0.2, 0.25) is 5.75 Å². The lowest BCUT2D eigenvalue weighted by Crippen LogP contribution is -1.98. The van der Waals surface area contributed by atoms with Crippen LogP contribution in [0.1, 0.15) is 11.1 Å². The number of ether oxygens (including phenoxy) is 4. The van der Waals surface area contributed by atoms with E-state index in [0.29, 0.717) is 28.6 Å². The summed E-state index contributed by atoms with van der Waals surface area (Å²) < 4.78 is 20.9. The van der Waals surface area contributed by atoms with Gasteiger partial charge in [-0.05, 0) is 23.8 Å². The Labute approximate surface area is 150 Å². The molecule has 2 aromatic rings. The van der Waals surface area contributed by atoms with Gasteiger partial charge in [-0.15, -0.1) is 0 Å². The van der Waals surface area contributed by atoms with Gasteiger partial charge < -0.3 is 24.7 Å². The van der Waals surface area contributed by atoms with Crippen LogP contribution in [0, 0.1) is 10.1 Å². The summed E-state index contributed by atoms with van der Waals surface area (Å²) in [5, 5.41) is 11.3. The number of nitrogens with two attached hydrogens (primary N) is 1. The molecular weight excluding hydrogens is 340 g/mol. The van der Waals surface area contributed by atoms with Crippen LogP contribution in [-0.4, -0.2) is 33.4 Å². The zero-order valence-electron chi connectivity index (χ0n) is 14.9. The molecule has 0 spiro atoms. The fourth-order valence-electron chi connectivity index (χ4n) is 2.46. The Morgan fingerprint density at radius 2 is 1.54 bits per heavy atom. The molecule has 2 rings (SSSR count). The van der Waals surface area contributed by atoms with E-state index in [1.165, 1.54) is 40.6 Å². The number of benzene rings is 2. The van der Waals surface area contributed by atoms with Gasteiger partial charge >= 0.3 is 0 Å². The summed E-state index contributed by atoms with van der Waals surface area (Å²) in [6.07, 6.45) is 3.24. The van der Waals surface area contributed by atoms with E-state index < -0.39 is 4.92 Å². The fourth-order valence-corrected chi connectivity index (χ4v) is 2.46. The Kier molecular flexibility index (Phi) is 5.90. The molecule has 0 aliphatic heterocycles. The van der Waals surface area contributed by atoms with Crippen LogP contribution >= 0.6 is 0 Å². The highest BCUT2D eigenvalue weighted by Gasteiger charge is 2.17. The SMILES string of the molecule is COc1cc(N)c(/C=C\c2cc(OC)c(OC)c(OC)c2)c([N+](=O)[O-])c1. The second-order valence-electron chi connectivity index (χ2n) is 5.20. The maximum Gasteiger partial charge on any atom is 0.282 e. The van der Waals surface area contributed by atoms with Crippen LogP contribution in [0.4, 0.5) is 11.4 Å². The molecule has 0 amide bonds. The van der Waals surface area contributed by atoms with Gasteiger partial charge in [0.15, 0.2) is 11.5 Å². The Morgan fingerprint density at radius 1 is 0.923 bits per heavy atom. The van der Waals surface area contributed by atoms with E-state index in [-0.39, 0.29) is 16.9 Å². The normalized spacial score (nSPS) is 10.6. The Hall–Kier alpha value is -3.42. The summed E-state index contributed by atoms with van der Waals surface area (Å²) in [4.78, 5) is 10.8. The van der Waals surface area contributed by atoms with Crippen molar-refractivity contribution < 1.29 is 23.9 Å². The highest BCUT2D eigenvalue weighted by atomic mass is 16.6. The van der Waals surface area contributed by atoms with Crippen molar-refractivity contribution >= 4 is 23.5 Å². The molecule has 2 N–H and O–H groups in total. The summed E-state index contributed by atoms with van der Waals surface area (Å²) in [6, 6.07) is 6.31.